The minimum absolute atomic E-state index is 0.0848. The van der Waals surface area contributed by atoms with Gasteiger partial charge in [0.2, 0.25) is 0 Å². The van der Waals surface area contributed by atoms with E-state index in [1.807, 2.05) is 6.07 Å². The second kappa shape index (κ2) is 5.91. The number of ether oxygens (including phenoxy) is 1. The summed E-state index contributed by atoms with van der Waals surface area (Å²) in [6, 6.07) is 7.11. The molecule has 1 saturated heterocycles. The van der Waals surface area contributed by atoms with Gasteiger partial charge in [-0.1, -0.05) is 12.1 Å². The second-order valence-electron chi connectivity index (χ2n) is 6.68. The number of hydrogen-bond donors (Lipinski definition) is 1. The van der Waals surface area contributed by atoms with Gasteiger partial charge in [-0.2, -0.15) is 5.10 Å². The smallest absolute Gasteiger partial charge is 0.307 e. The fourth-order valence-corrected chi connectivity index (χ4v) is 3.77. The van der Waals surface area contributed by atoms with Gasteiger partial charge in [0.1, 0.15) is 5.75 Å². The molecule has 2 aliphatic rings. The van der Waals surface area contributed by atoms with Gasteiger partial charge in [0.25, 0.3) is 5.91 Å². The van der Waals surface area contributed by atoms with Crippen molar-refractivity contribution >= 4 is 11.9 Å². The molecule has 0 spiro atoms. The molecule has 1 aliphatic heterocycles. The number of para-hydroxylation sites is 1. The predicted molar refractivity (Wildman–Crippen MR) is 88.4 cm³/mol. The van der Waals surface area contributed by atoms with E-state index in [9.17, 15) is 14.7 Å². The number of nitrogens with zero attached hydrogens (tertiary/aromatic N) is 3. The first-order chi connectivity index (χ1) is 12.0. The molecule has 0 bridgehead atoms. The Bertz CT molecular complexity index is 831. The molecule has 1 amide bonds. The number of amides is 1. The highest BCUT2D eigenvalue weighted by atomic mass is 16.5. The van der Waals surface area contributed by atoms with Gasteiger partial charge in [-0.25, -0.2) is 0 Å². The largest absolute Gasteiger partial charge is 0.481 e. The maximum Gasteiger partial charge on any atom is 0.307 e. The number of carbonyl (C=O) groups is 2. The highest BCUT2D eigenvalue weighted by Crippen LogP contribution is 2.51. The van der Waals surface area contributed by atoms with Crippen molar-refractivity contribution in [2.45, 2.75) is 6.42 Å². The minimum atomic E-state index is -0.746. The quantitative estimate of drug-likeness (QED) is 0.919. The lowest BCUT2D eigenvalue weighted by molar-refractivity contribution is -0.139. The van der Waals surface area contributed by atoms with Crippen molar-refractivity contribution in [1.82, 2.24) is 14.7 Å². The lowest BCUT2D eigenvalue weighted by atomic mass is 10.1. The summed E-state index contributed by atoms with van der Waals surface area (Å²) in [6.45, 7) is 1.09. The van der Waals surface area contributed by atoms with Crippen LogP contribution in [0.2, 0.25) is 0 Å². The van der Waals surface area contributed by atoms with Gasteiger partial charge in [-0.3, -0.25) is 14.3 Å². The number of likely N-dealkylation sites (tertiary alicyclic amines) is 1. The molecule has 2 aromatic rings. The third-order valence-corrected chi connectivity index (χ3v) is 5.09. The van der Waals surface area contributed by atoms with Crippen LogP contribution in [-0.4, -0.2) is 44.8 Å². The van der Waals surface area contributed by atoms with Crippen LogP contribution in [0, 0.1) is 17.8 Å². The third kappa shape index (κ3) is 2.86. The second-order valence-corrected chi connectivity index (χ2v) is 6.68. The van der Waals surface area contributed by atoms with Crippen LogP contribution in [0.5, 0.6) is 11.5 Å². The summed E-state index contributed by atoms with van der Waals surface area (Å²) >= 11 is 0. The number of aliphatic carboxylic acids is 1. The molecule has 7 nitrogen and oxygen atoms in total. The van der Waals surface area contributed by atoms with Crippen LogP contribution in [0.25, 0.3) is 0 Å². The molecular weight excluding hydrogens is 322 g/mol. The first-order valence-corrected chi connectivity index (χ1v) is 8.32. The van der Waals surface area contributed by atoms with Crippen molar-refractivity contribution in [2.75, 3.05) is 13.1 Å². The number of carbonyl (C=O) groups excluding carboxylic acids is 1. The van der Waals surface area contributed by atoms with Crippen molar-refractivity contribution in [2.24, 2.45) is 24.8 Å². The molecule has 7 heteroatoms. The van der Waals surface area contributed by atoms with Crippen LogP contribution < -0.4 is 4.74 Å². The van der Waals surface area contributed by atoms with Crippen LogP contribution in [-0.2, 0) is 11.8 Å². The first-order valence-electron chi connectivity index (χ1n) is 8.32. The Hall–Kier alpha value is -2.83. The van der Waals surface area contributed by atoms with E-state index in [1.54, 1.807) is 47.2 Å². The van der Waals surface area contributed by atoms with E-state index in [0.29, 0.717) is 30.2 Å². The standard InChI is InChI=1S/C18H19N3O4/c1-20-9-11(8-19-20)25-15-5-3-2-4-13(15)17(22)21-7-6-12-14(10-21)16(12)18(23)24/h2-5,8-9,12,14,16H,6-7,10H2,1H3,(H,23,24)/t12-,14+,16-/m0/s1. The minimum Gasteiger partial charge on any atom is -0.481 e. The van der Waals surface area contributed by atoms with Crippen molar-refractivity contribution in [3.63, 3.8) is 0 Å². The summed E-state index contributed by atoms with van der Waals surface area (Å²) in [5.41, 5.74) is 0.484. The number of aromatic nitrogens is 2. The normalized spacial score (nSPS) is 24.5. The number of carboxylic acids is 1. The number of hydrogen-bond acceptors (Lipinski definition) is 4. The Morgan fingerprint density at radius 3 is 2.80 bits per heavy atom. The maximum absolute atomic E-state index is 12.9. The number of benzene rings is 1. The molecule has 1 aromatic carbocycles. The van der Waals surface area contributed by atoms with E-state index in [0.717, 1.165) is 6.42 Å². The zero-order valence-corrected chi connectivity index (χ0v) is 13.8. The lowest BCUT2D eigenvalue weighted by Gasteiger charge is -2.26. The molecule has 2 heterocycles. The maximum atomic E-state index is 12.9. The molecule has 4 rings (SSSR count). The summed E-state index contributed by atoms with van der Waals surface area (Å²) in [7, 11) is 1.79. The number of aryl methyl sites for hydroxylation is 1. The summed E-state index contributed by atoms with van der Waals surface area (Å²) in [5.74, 6) is 0.200. The Labute approximate surface area is 144 Å². The van der Waals surface area contributed by atoms with Crippen LogP contribution >= 0.6 is 0 Å². The summed E-state index contributed by atoms with van der Waals surface area (Å²) < 4.78 is 7.44. The topological polar surface area (TPSA) is 84.7 Å². The number of rotatable bonds is 4. The SMILES string of the molecule is Cn1cc(Oc2ccccc2C(=O)N2CC[C@H]3[C@@H](C2)[C@H]3C(=O)O)cn1. The van der Waals surface area contributed by atoms with Crippen molar-refractivity contribution < 1.29 is 19.4 Å². The predicted octanol–water partition coefficient (Wildman–Crippen LogP) is 2.01. The first kappa shape index (κ1) is 15.7. The number of piperidine rings is 1. The van der Waals surface area contributed by atoms with Gasteiger partial charge in [-0.15, -0.1) is 0 Å². The molecule has 1 aliphatic carbocycles. The van der Waals surface area contributed by atoms with E-state index >= 15 is 0 Å². The average molecular weight is 341 g/mol. The Morgan fingerprint density at radius 1 is 1.28 bits per heavy atom. The fraction of sp³-hybridized carbons (Fsp3) is 0.389. The zero-order chi connectivity index (χ0) is 17.6. The van der Waals surface area contributed by atoms with Crippen molar-refractivity contribution in [3.05, 3.63) is 42.2 Å². The van der Waals surface area contributed by atoms with Gasteiger partial charge >= 0.3 is 5.97 Å². The summed E-state index contributed by atoms with van der Waals surface area (Å²) in [5, 5.41) is 13.3. The highest BCUT2D eigenvalue weighted by Gasteiger charge is 2.57. The van der Waals surface area contributed by atoms with E-state index in [4.69, 9.17) is 4.74 Å². The Kier molecular flexibility index (Phi) is 3.71. The van der Waals surface area contributed by atoms with E-state index in [-0.39, 0.29) is 23.7 Å². The van der Waals surface area contributed by atoms with Crippen LogP contribution in [0.15, 0.2) is 36.7 Å². The van der Waals surface area contributed by atoms with Crippen LogP contribution in [0.3, 0.4) is 0 Å². The molecule has 0 unspecified atom stereocenters. The highest BCUT2D eigenvalue weighted by molar-refractivity contribution is 5.97. The van der Waals surface area contributed by atoms with Gasteiger partial charge in [-0.05, 0) is 30.4 Å². The molecule has 3 atom stereocenters. The van der Waals surface area contributed by atoms with E-state index in [1.165, 1.54) is 0 Å². The average Bonchev–Trinajstić information content (AvgIpc) is 3.20. The number of fused-ring (bicyclic) bond motifs is 1. The van der Waals surface area contributed by atoms with E-state index < -0.39 is 5.97 Å². The molecule has 25 heavy (non-hydrogen) atoms. The lowest BCUT2D eigenvalue weighted by Crippen LogP contribution is -2.37. The third-order valence-electron chi connectivity index (χ3n) is 5.09. The molecular formula is C18H19N3O4. The van der Waals surface area contributed by atoms with Crippen LogP contribution in [0.4, 0.5) is 0 Å². The Morgan fingerprint density at radius 2 is 2.08 bits per heavy atom. The molecule has 130 valence electrons. The summed E-state index contributed by atoms with van der Waals surface area (Å²) in [6.07, 6.45) is 4.07. The van der Waals surface area contributed by atoms with Crippen molar-refractivity contribution in [3.8, 4) is 11.5 Å². The molecule has 2 fully saturated rings. The molecule has 1 N–H and O–H groups in total. The summed E-state index contributed by atoms with van der Waals surface area (Å²) in [4.78, 5) is 25.9. The van der Waals surface area contributed by atoms with E-state index in [2.05, 4.69) is 5.10 Å². The van der Waals surface area contributed by atoms with Crippen LogP contribution in [0.1, 0.15) is 16.8 Å². The van der Waals surface area contributed by atoms with Crippen molar-refractivity contribution in [1.29, 1.82) is 0 Å². The number of carboxylic acid groups (broad SMARTS) is 1. The van der Waals surface area contributed by atoms with Gasteiger partial charge in [0.05, 0.1) is 23.9 Å². The fourth-order valence-electron chi connectivity index (χ4n) is 3.77. The molecule has 0 radical (unpaired) electrons. The zero-order valence-electron chi connectivity index (χ0n) is 13.8. The molecule has 1 saturated carbocycles. The Balaban J connectivity index is 1.52. The monoisotopic (exact) mass is 341 g/mol. The van der Waals surface area contributed by atoms with Gasteiger partial charge in [0.15, 0.2) is 5.75 Å². The van der Waals surface area contributed by atoms with Gasteiger partial charge < -0.3 is 14.7 Å². The van der Waals surface area contributed by atoms with Gasteiger partial charge in [0, 0.05) is 20.1 Å². The molecule has 1 aromatic heterocycles.